The van der Waals surface area contributed by atoms with Gasteiger partial charge in [0.25, 0.3) is 0 Å². The highest BCUT2D eigenvalue weighted by Crippen LogP contribution is 2.22. The molecule has 3 N–H and O–H groups in total. The van der Waals surface area contributed by atoms with Crippen molar-refractivity contribution in [2.24, 2.45) is 10.1 Å². The molecule has 1 unspecified atom stereocenters. The minimum absolute atomic E-state index is 0.134. The first-order valence-corrected chi connectivity index (χ1v) is 8.48. The van der Waals surface area contributed by atoms with Gasteiger partial charge in [0.05, 0.1) is 11.4 Å². The molecule has 5 nitrogen and oxygen atoms in total. The highest BCUT2D eigenvalue weighted by atomic mass is 32.2. The van der Waals surface area contributed by atoms with E-state index in [4.69, 9.17) is 5.14 Å². The monoisotopic (exact) mass is 299 g/mol. The standard InChI is InChI=1S/C12H17N3O2S2/c1-2-10-8-15-12(18-10)14-7-9-3-5-11(6-4-9)19(13,16)17/h3-6,10H,2,7-8H2,1H3,(H,14,15)(H2,13,16,17). The van der Waals surface area contributed by atoms with Gasteiger partial charge in [0.1, 0.15) is 0 Å². The number of primary sulfonamides is 1. The molecule has 0 bridgehead atoms. The van der Waals surface area contributed by atoms with Crippen molar-refractivity contribution < 1.29 is 8.42 Å². The summed E-state index contributed by atoms with van der Waals surface area (Å²) in [7, 11) is -3.61. The Morgan fingerprint density at radius 3 is 2.63 bits per heavy atom. The van der Waals surface area contributed by atoms with E-state index in [1.54, 1.807) is 23.9 Å². The lowest BCUT2D eigenvalue weighted by atomic mass is 10.2. The molecule has 1 atom stereocenters. The van der Waals surface area contributed by atoms with E-state index in [2.05, 4.69) is 17.2 Å². The van der Waals surface area contributed by atoms with Crippen LogP contribution in [0.2, 0.25) is 0 Å². The number of sulfonamides is 1. The van der Waals surface area contributed by atoms with Crippen LogP contribution in [0.1, 0.15) is 18.9 Å². The third-order valence-electron chi connectivity index (χ3n) is 2.87. The Kier molecular flexibility index (Phi) is 4.49. The van der Waals surface area contributed by atoms with E-state index in [1.807, 2.05) is 0 Å². The molecule has 19 heavy (non-hydrogen) atoms. The molecule has 0 aliphatic carbocycles. The molecule has 1 aromatic carbocycles. The number of aliphatic imine (C=N–C) groups is 1. The van der Waals surface area contributed by atoms with Gasteiger partial charge in [0, 0.05) is 11.8 Å². The van der Waals surface area contributed by atoms with E-state index in [0.29, 0.717) is 11.8 Å². The zero-order chi connectivity index (χ0) is 13.9. The fraction of sp³-hybridized carbons (Fsp3) is 0.417. The second kappa shape index (κ2) is 5.94. The molecule has 1 aliphatic heterocycles. The minimum Gasteiger partial charge on any atom is -0.361 e. The third-order valence-corrected chi connectivity index (χ3v) is 5.11. The van der Waals surface area contributed by atoms with Crippen molar-refractivity contribution in [3.8, 4) is 0 Å². The van der Waals surface area contributed by atoms with E-state index in [0.717, 1.165) is 23.7 Å². The van der Waals surface area contributed by atoms with E-state index >= 15 is 0 Å². The van der Waals surface area contributed by atoms with E-state index in [9.17, 15) is 8.42 Å². The van der Waals surface area contributed by atoms with Crippen molar-refractivity contribution >= 4 is 27.0 Å². The van der Waals surface area contributed by atoms with Crippen LogP contribution < -0.4 is 10.5 Å². The largest absolute Gasteiger partial charge is 0.361 e. The fourth-order valence-electron chi connectivity index (χ4n) is 1.70. The number of rotatable bonds is 4. The van der Waals surface area contributed by atoms with Gasteiger partial charge in [-0.25, -0.2) is 13.6 Å². The molecule has 1 aromatic rings. The molecule has 0 aromatic heterocycles. The molecule has 0 amide bonds. The second-order valence-electron chi connectivity index (χ2n) is 4.34. The number of benzene rings is 1. The molecule has 0 saturated carbocycles. The predicted octanol–water partition coefficient (Wildman–Crippen LogP) is 1.31. The number of amidine groups is 1. The fourth-order valence-corrected chi connectivity index (χ4v) is 3.15. The molecule has 0 fully saturated rings. The van der Waals surface area contributed by atoms with Crippen molar-refractivity contribution in [2.75, 3.05) is 6.54 Å². The molecule has 0 radical (unpaired) electrons. The molecule has 1 heterocycles. The van der Waals surface area contributed by atoms with E-state index in [1.165, 1.54) is 12.1 Å². The quantitative estimate of drug-likeness (QED) is 0.878. The maximum Gasteiger partial charge on any atom is 0.238 e. The molecular weight excluding hydrogens is 282 g/mol. The number of nitrogens with one attached hydrogen (secondary N) is 1. The van der Waals surface area contributed by atoms with Crippen molar-refractivity contribution in [1.82, 2.24) is 5.32 Å². The van der Waals surface area contributed by atoms with Gasteiger partial charge in [-0.3, -0.25) is 4.99 Å². The Balaban J connectivity index is 1.91. The summed E-state index contributed by atoms with van der Waals surface area (Å²) in [6.45, 7) is 3.66. The molecule has 1 aliphatic rings. The van der Waals surface area contributed by atoms with Crippen LogP contribution in [-0.2, 0) is 16.6 Å². The Morgan fingerprint density at radius 1 is 1.42 bits per heavy atom. The summed E-state index contributed by atoms with van der Waals surface area (Å²) >= 11 is 1.76. The summed E-state index contributed by atoms with van der Waals surface area (Å²) in [6.07, 6.45) is 1.11. The van der Waals surface area contributed by atoms with E-state index in [-0.39, 0.29) is 4.90 Å². The normalized spacial score (nSPS) is 19.3. The Hall–Kier alpha value is -1.05. The van der Waals surface area contributed by atoms with Crippen LogP contribution in [-0.4, -0.2) is 25.4 Å². The van der Waals surface area contributed by atoms with Crippen LogP contribution >= 0.6 is 11.8 Å². The highest BCUT2D eigenvalue weighted by molar-refractivity contribution is 8.14. The number of thioether (sulfide) groups is 1. The van der Waals surface area contributed by atoms with Gasteiger partial charge < -0.3 is 5.32 Å². The number of hydrogen-bond donors (Lipinski definition) is 2. The van der Waals surface area contributed by atoms with Crippen LogP contribution in [0.3, 0.4) is 0 Å². The first kappa shape index (κ1) is 14.4. The van der Waals surface area contributed by atoms with Gasteiger partial charge in [-0.15, -0.1) is 0 Å². The number of nitrogens with two attached hydrogens (primary N) is 1. The third kappa shape index (κ3) is 3.95. The topological polar surface area (TPSA) is 84.5 Å². The van der Waals surface area contributed by atoms with Crippen LogP contribution in [0.4, 0.5) is 0 Å². The number of hydrogen-bond acceptors (Lipinski definition) is 5. The zero-order valence-electron chi connectivity index (χ0n) is 10.7. The average Bonchev–Trinajstić information content (AvgIpc) is 2.84. The van der Waals surface area contributed by atoms with Crippen LogP contribution in [0.5, 0.6) is 0 Å². The second-order valence-corrected chi connectivity index (χ2v) is 7.19. The van der Waals surface area contributed by atoms with Gasteiger partial charge in [-0.05, 0) is 24.1 Å². The first-order chi connectivity index (χ1) is 8.99. The summed E-state index contributed by atoms with van der Waals surface area (Å²) in [5, 5.41) is 9.83. The Morgan fingerprint density at radius 2 is 2.11 bits per heavy atom. The summed E-state index contributed by atoms with van der Waals surface area (Å²) in [6, 6.07) is 6.55. The van der Waals surface area contributed by atoms with Gasteiger partial charge >= 0.3 is 0 Å². The van der Waals surface area contributed by atoms with Crippen molar-refractivity contribution in [2.45, 2.75) is 30.0 Å². The SMILES string of the molecule is CCC1CN=C(NCc2ccc(S(N)(=O)=O)cc2)S1. The Labute approximate surface area is 117 Å². The summed E-state index contributed by atoms with van der Waals surface area (Å²) < 4.78 is 22.2. The molecule has 104 valence electrons. The maximum absolute atomic E-state index is 11.1. The van der Waals surface area contributed by atoms with Gasteiger partial charge in [0.2, 0.25) is 10.0 Å². The maximum atomic E-state index is 11.1. The van der Waals surface area contributed by atoms with Gasteiger partial charge in [-0.2, -0.15) is 0 Å². The Bertz CT molecular complexity index is 567. The van der Waals surface area contributed by atoms with Gasteiger partial charge in [-0.1, -0.05) is 30.8 Å². The lowest BCUT2D eigenvalue weighted by molar-refractivity contribution is 0.597. The molecule has 2 rings (SSSR count). The molecular formula is C12H17N3O2S2. The zero-order valence-corrected chi connectivity index (χ0v) is 12.3. The van der Waals surface area contributed by atoms with Crippen LogP contribution in [0, 0.1) is 0 Å². The summed E-state index contributed by atoms with van der Waals surface area (Å²) in [5.41, 5.74) is 0.996. The van der Waals surface area contributed by atoms with Crippen molar-refractivity contribution in [3.63, 3.8) is 0 Å². The van der Waals surface area contributed by atoms with Crippen molar-refractivity contribution in [3.05, 3.63) is 29.8 Å². The molecule has 0 spiro atoms. The van der Waals surface area contributed by atoms with Gasteiger partial charge in [0.15, 0.2) is 5.17 Å². The smallest absolute Gasteiger partial charge is 0.238 e. The van der Waals surface area contributed by atoms with E-state index < -0.39 is 10.0 Å². The lowest BCUT2D eigenvalue weighted by Gasteiger charge is -2.07. The van der Waals surface area contributed by atoms with Crippen LogP contribution in [0.15, 0.2) is 34.2 Å². The lowest BCUT2D eigenvalue weighted by Crippen LogP contribution is -2.19. The van der Waals surface area contributed by atoms with Crippen LogP contribution in [0.25, 0.3) is 0 Å². The molecule has 7 heteroatoms. The highest BCUT2D eigenvalue weighted by Gasteiger charge is 2.17. The minimum atomic E-state index is -3.61. The van der Waals surface area contributed by atoms with Crippen molar-refractivity contribution in [1.29, 1.82) is 0 Å². The molecule has 0 saturated heterocycles. The summed E-state index contributed by atoms with van der Waals surface area (Å²) in [5.74, 6) is 0. The average molecular weight is 299 g/mol. The number of nitrogens with zero attached hydrogens (tertiary/aromatic N) is 1. The predicted molar refractivity (Wildman–Crippen MR) is 78.6 cm³/mol. The first-order valence-electron chi connectivity index (χ1n) is 6.05. The summed E-state index contributed by atoms with van der Waals surface area (Å²) in [4.78, 5) is 4.55.